The second-order valence-corrected chi connectivity index (χ2v) is 8.29. The molecule has 2 aromatic heterocycles. The average Bonchev–Trinajstić information content (AvgIpc) is 3.12. The van der Waals surface area contributed by atoms with Gasteiger partial charge in [-0.2, -0.15) is 5.26 Å². The molecule has 1 amide bonds. The van der Waals surface area contributed by atoms with Gasteiger partial charge in [0.1, 0.15) is 16.6 Å². The largest absolute Gasteiger partial charge is 0.459 e. The number of carbonyl (C=O) groups excluding carboxylic acids is 2. The van der Waals surface area contributed by atoms with Crippen molar-refractivity contribution in [1.29, 1.82) is 5.26 Å². The van der Waals surface area contributed by atoms with Crippen LogP contribution in [0.2, 0.25) is 0 Å². The summed E-state index contributed by atoms with van der Waals surface area (Å²) in [6.07, 6.45) is 1.25. The number of nitrogens with zero attached hydrogens (tertiary/aromatic N) is 1. The van der Waals surface area contributed by atoms with Gasteiger partial charge in [0.2, 0.25) is 0 Å². The van der Waals surface area contributed by atoms with E-state index in [2.05, 4.69) is 21.2 Å². The zero-order valence-corrected chi connectivity index (χ0v) is 16.0. The third-order valence-electron chi connectivity index (χ3n) is 2.70. The van der Waals surface area contributed by atoms with E-state index in [4.69, 9.17) is 4.74 Å². The predicted molar refractivity (Wildman–Crippen MR) is 99.1 cm³/mol. The van der Waals surface area contributed by atoms with Crippen molar-refractivity contribution in [3.8, 4) is 6.07 Å². The normalized spacial score (nSPS) is 11.2. The Balaban J connectivity index is 2.17. The van der Waals surface area contributed by atoms with E-state index >= 15 is 0 Å². The number of esters is 1. The Kier molecular flexibility index (Phi) is 6.31. The summed E-state index contributed by atoms with van der Waals surface area (Å²) in [6.45, 7) is 3.50. The van der Waals surface area contributed by atoms with E-state index in [0.717, 1.165) is 8.66 Å². The molecule has 1 N–H and O–H groups in total. The molecule has 8 heteroatoms. The van der Waals surface area contributed by atoms with Gasteiger partial charge in [0.25, 0.3) is 5.91 Å². The summed E-state index contributed by atoms with van der Waals surface area (Å²) in [4.78, 5) is 25.1. The molecule has 0 spiro atoms. The first-order valence-corrected chi connectivity index (χ1v) is 9.36. The Morgan fingerprint density at radius 1 is 1.38 bits per heavy atom. The van der Waals surface area contributed by atoms with Crippen LogP contribution in [0.25, 0.3) is 6.08 Å². The summed E-state index contributed by atoms with van der Waals surface area (Å²) < 4.78 is 6.04. The van der Waals surface area contributed by atoms with Crippen molar-refractivity contribution < 1.29 is 14.3 Å². The van der Waals surface area contributed by atoms with Crippen LogP contribution >= 0.6 is 38.6 Å². The molecular formula is C16H13BrN2O3S2. The quantitative estimate of drug-likeness (QED) is 0.429. The number of amides is 1. The molecule has 0 saturated heterocycles. The van der Waals surface area contributed by atoms with Crippen LogP contribution in [0.5, 0.6) is 0 Å². The number of ether oxygens (including phenoxy) is 1. The van der Waals surface area contributed by atoms with Crippen molar-refractivity contribution in [3.05, 3.63) is 43.4 Å². The highest BCUT2D eigenvalue weighted by molar-refractivity contribution is 9.11. The van der Waals surface area contributed by atoms with Crippen molar-refractivity contribution >= 4 is 61.6 Å². The summed E-state index contributed by atoms with van der Waals surface area (Å²) in [5.41, 5.74) is 0.235. The van der Waals surface area contributed by atoms with Gasteiger partial charge in [-0.05, 0) is 59.4 Å². The molecule has 0 aromatic carbocycles. The molecule has 0 aliphatic rings. The van der Waals surface area contributed by atoms with Crippen molar-refractivity contribution in [1.82, 2.24) is 0 Å². The molecule has 5 nitrogen and oxygen atoms in total. The van der Waals surface area contributed by atoms with Crippen LogP contribution in [0.1, 0.15) is 29.1 Å². The van der Waals surface area contributed by atoms with Gasteiger partial charge in [0.15, 0.2) is 0 Å². The highest BCUT2D eigenvalue weighted by Gasteiger charge is 2.19. The van der Waals surface area contributed by atoms with E-state index in [-0.39, 0.29) is 17.2 Å². The SMILES string of the molecule is CC(C)OC(=O)c1ccsc1NC(=O)C(C#N)=Cc1ccc(Br)s1. The number of anilines is 1. The molecule has 0 saturated carbocycles. The third kappa shape index (κ3) is 4.77. The average molecular weight is 425 g/mol. The number of halogens is 1. The van der Waals surface area contributed by atoms with Crippen molar-refractivity contribution in [3.63, 3.8) is 0 Å². The topological polar surface area (TPSA) is 79.2 Å². The smallest absolute Gasteiger partial charge is 0.341 e. The minimum atomic E-state index is -0.567. The van der Waals surface area contributed by atoms with Gasteiger partial charge in [-0.25, -0.2) is 4.79 Å². The Hall–Kier alpha value is -1.95. The van der Waals surface area contributed by atoms with Gasteiger partial charge in [-0.3, -0.25) is 4.79 Å². The highest BCUT2D eigenvalue weighted by Crippen LogP contribution is 2.27. The van der Waals surface area contributed by atoms with Crippen molar-refractivity contribution in [2.75, 3.05) is 5.32 Å². The summed E-state index contributed by atoms with van der Waals surface area (Å²) in [6, 6.07) is 7.10. The van der Waals surface area contributed by atoms with Gasteiger partial charge < -0.3 is 10.1 Å². The number of nitrogens with one attached hydrogen (secondary N) is 1. The van der Waals surface area contributed by atoms with E-state index in [1.165, 1.54) is 28.7 Å². The minimum Gasteiger partial charge on any atom is -0.459 e. The lowest BCUT2D eigenvalue weighted by molar-refractivity contribution is -0.112. The molecule has 0 unspecified atom stereocenters. The summed E-state index contributed by atoms with van der Waals surface area (Å²) in [5.74, 6) is -1.07. The number of carbonyl (C=O) groups is 2. The number of thiophene rings is 2. The number of rotatable bonds is 5. The van der Waals surface area contributed by atoms with Gasteiger partial charge in [-0.1, -0.05) is 0 Å². The first-order chi connectivity index (χ1) is 11.4. The fraction of sp³-hybridized carbons (Fsp3) is 0.188. The fourth-order valence-corrected chi connectivity index (χ4v) is 3.85. The lowest BCUT2D eigenvalue weighted by Gasteiger charge is -2.09. The first kappa shape index (κ1) is 18.4. The van der Waals surface area contributed by atoms with Crippen LogP contribution in [0, 0.1) is 11.3 Å². The molecule has 0 bridgehead atoms. The molecule has 0 atom stereocenters. The highest BCUT2D eigenvalue weighted by atomic mass is 79.9. The second-order valence-electron chi connectivity index (χ2n) is 4.88. The molecule has 0 aliphatic carbocycles. The Labute approximate surface area is 155 Å². The fourth-order valence-electron chi connectivity index (χ4n) is 1.71. The van der Waals surface area contributed by atoms with Crippen LogP contribution in [0.15, 0.2) is 32.9 Å². The Morgan fingerprint density at radius 2 is 2.12 bits per heavy atom. The molecule has 0 radical (unpaired) electrons. The molecule has 2 aromatic rings. The first-order valence-electron chi connectivity index (χ1n) is 6.87. The molecule has 0 aliphatic heterocycles. The van der Waals surface area contributed by atoms with Crippen LogP contribution in [0.3, 0.4) is 0 Å². The molecular weight excluding hydrogens is 412 g/mol. The Bertz CT molecular complexity index is 830. The molecule has 2 heterocycles. The van der Waals surface area contributed by atoms with Crippen LogP contribution in [-0.2, 0) is 9.53 Å². The Morgan fingerprint density at radius 3 is 2.71 bits per heavy atom. The van der Waals surface area contributed by atoms with Crippen LogP contribution in [0.4, 0.5) is 5.00 Å². The third-order valence-corrected chi connectivity index (χ3v) is 5.10. The van der Waals surface area contributed by atoms with Gasteiger partial charge in [0, 0.05) is 4.88 Å². The summed E-state index contributed by atoms with van der Waals surface area (Å²) in [7, 11) is 0. The number of hydrogen-bond acceptors (Lipinski definition) is 6. The number of hydrogen-bond donors (Lipinski definition) is 1. The molecule has 2 rings (SSSR count). The second kappa shape index (κ2) is 8.24. The number of nitriles is 1. The molecule has 24 heavy (non-hydrogen) atoms. The molecule has 0 fully saturated rings. The van der Waals surface area contributed by atoms with Gasteiger partial charge in [0.05, 0.1) is 15.5 Å². The van der Waals surface area contributed by atoms with Crippen molar-refractivity contribution in [2.45, 2.75) is 20.0 Å². The summed E-state index contributed by atoms with van der Waals surface area (Å²) in [5, 5.41) is 13.9. The van der Waals surface area contributed by atoms with Crippen molar-refractivity contribution in [2.24, 2.45) is 0 Å². The zero-order valence-electron chi connectivity index (χ0n) is 12.8. The maximum atomic E-state index is 12.3. The van der Waals surface area contributed by atoms with E-state index in [1.54, 1.807) is 31.4 Å². The van der Waals surface area contributed by atoms with Gasteiger partial charge in [-0.15, -0.1) is 22.7 Å². The maximum absolute atomic E-state index is 12.3. The predicted octanol–water partition coefficient (Wildman–Crippen LogP) is 4.68. The minimum absolute atomic E-state index is 0.0408. The zero-order chi connectivity index (χ0) is 17.7. The lowest BCUT2D eigenvalue weighted by atomic mass is 10.2. The van der Waals surface area contributed by atoms with E-state index in [0.29, 0.717) is 5.00 Å². The van der Waals surface area contributed by atoms with E-state index in [1.807, 2.05) is 12.1 Å². The maximum Gasteiger partial charge on any atom is 0.341 e. The monoisotopic (exact) mass is 424 g/mol. The molecule has 124 valence electrons. The van der Waals surface area contributed by atoms with Gasteiger partial charge >= 0.3 is 5.97 Å². The van der Waals surface area contributed by atoms with E-state index in [9.17, 15) is 14.9 Å². The summed E-state index contributed by atoms with van der Waals surface area (Å²) >= 11 is 5.94. The standard InChI is InChI=1S/C16H13BrN2O3S2/c1-9(2)22-16(21)12-5-6-23-15(12)19-14(20)10(8-18)7-11-3-4-13(17)24-11/h3-7,9H,1-2H3,(H,19,20). The van der Waals surface area contributed by atoms with E-state index < -0.39 is 11.9 Å². The van der Waals surface area contributed by atoms with Crippen LogP contribution in [-0.4, -0.2) is 18.0 Å². The van der Waals surface area contributed by atoms with Crippen LogP contribution < -0.4 is 5.32 Å². The lowest BCUT2D eigenvalue weighted by Crippen LogP contribution is -2.16.